The van der Waals surface area contributed by atoms with Crippen LogP contribution in [0.4, 0.5) is 0 Å². The lowest BCUT2D eigenvalue weighted by Crippen LogP contribution is -2.25. The van der Waals surface area contributed by atoms with E-state index in [2.05, 4.69) is 237 Å². The molecule has 0 fully saturated rings. The van der Waals surface area contributed by atoms with Gasteiger partial charge in [0.1, 0.15) is 0 Å². The molecule has 0 saturated heterocycles. The summed E-state index contributed by atoms with van der Waals surface area (Å²) in [7, 11) is 0. The largest absolute Gasteiger partial charge is 0.208 e. The first-order chi connectivity index (χ1) is 33.2. The zero-order valence-electron chi connectivity index (χ0n) is 36.4. The zero-order valence-corrected chi connectivity index (χ0v) is 36.4. The molecule has 0 radical (unpaired) electrons. The third-order valence-electron chi connectivity index (χ3n) is 14.4. The van der Waals surface area contributed by atoms with Crippen LogP contribution in [0.15, 0.2) is 237 Å². The monoisotopic (exact) mass is 849 g/mol. The fraction of sp³-hybridized carbons (Fsp3) is 0.0156. The van der Waals surface area contributed by atoms with Crippen molar-refractivity contribution >= 4 is 32.3 Å². The van der Waals surface area contributed by atoms with Crippen LogP contribution in [0.5, 0.6) is 0 Å². The minimum Gasteiger partial charge on any atom is -0.208 e. The van der Waals surface area contributed by atoms with Crippen molar-refractivity contribution in [3.05, 3.63) is 259 Å². The Morgan fingerprint density at radius 1 is 0.239 bits per heavy atom. The molecule has 2 aliphatic rings. The van der Waals surface area contributed by atoms with Gasteiger partial charge in [-0.2, -0.15) is 0 Å². The van der Waals surface area contributed by atoms with E-state index in [4.69, 9.17) is 15.0 Å². The van der Waals surface area contributed by atoms with E-state index < -0.39 is 5.41 Å². The van der Waals surface area contributed by atoms with E-state index in [-0.39, 0.29) is 0 Å². The minimum atomic E-state index is -0.485. The van der Waals surface area contributed by atoms with Gasteiger partial charge in [-0.05, 0) is 105 Å². The van der Waals surface area contributed by atoms with Gasteiger partial charge in [0.25, 0.3) is 0 Å². The van der Waals surface area contributed by atoms with Crippen LogP contribution in [0.3, 0.4) is 0 Å². The van der Waals surface area contributed by atoms with Crippen LogP contribution in [0.1, 0.15) is 22.3 Å². The standard InChI is InChI=1S/C64H39N3/c1-2-17-40(18-3-1)45-21-8-9-26-51(45)62-65-61(43-35-33-42(34-36-43)59-47-23-7-5-20-44(47)39-54-46-22-6-4-19-41(46)37-38-50(54)59)66-63(67-62)53-28-16-32-58-60(53)52-27-12-15-31-57(52)64(58)55-29-13-10-24-48(55)49-25-11-14-30-56(49)64/h1-39H. The molecule has 0 amide bonds. The van der Waals surface area contributed by atoms with Crippen molar-refractivity contribution in [2.75, 3.05) is 0 Å². The molecule has 1 aromatic heterocycles. The van der Waals surface area contributed by atoms with Gasteiger partial charge >= 0.3 is 0 Å². The highest BCUT2D eigenvalue weighted by atomic mass is 15.0. The Morgan fingerprint density at radius 3 is 1.48 bits per heavy atom. The highest BCUT2D eigenvalue weighted by molar-refractivity contribution is 6.20. The van der Waals surface area contributed by atoms with Crippen molar-refractivity contribution in [2.24, 2.45) is 0 Å². The zero-order chi connectivity index (χ0) is 44.1. The van der Waals surface area contributed by atoms with E-state index in [0.29, 0.717) is 17.5 Å². The fourth-order valence-corrected chi connectivity index (χ4v) is 11.5. The van der Waals surface area contributed by atoms with Crippen molar-refractivity contribution in [1.82, 2.24) is 15.0 Å². The molecule has 1 heterocycles. The van der Waals surface area contributed by atoms with Gasteiger partial charge in [0.2, 0.25) is 0 Å². The number of benzene rings is 11. The summed E-state index contributed by atoms with van der Waals surface area (Å²) in [5.41, 5.74) is 17.0. The predicted octanol–water partition coefficient (Wildman–Crippen LogP) is 16.0. The molecule has 3 nitrogen and oxygen atoms in total. The minimum absolute atomic E-state index is 0.485. The normalized spacial score (nSPS) is 12.9. The average Bonchev–Trinajstić information content (AvgIpc) is 3.88. The number of nitrogens with zero attached hydrogens (tertiary/aromatic N) is 3. The van der Waals surface area contributed by atoms with Gasteiger partial charge in [0, 0.05) is 16.7 Å². The van der Waals surface area contributed by atoms with Gasteiger partial charge in [-0.3, -0.25) is 0 Å². The summed E-state index contributed by atoms with van der Waals surface area (Å²) in [5.74, 6) is 1.89. The summed E-state index contributed by atoms with van der Waals surface area (Å²) in [6.45, 7) is 0. The Bertz CT molecular complexity index is 3940. The van der Waals surface area contributed by atoms with Gasteiger partial charge in [-0.15, -0.1) is 0 Å². The molecule has 2 aliphatic carbocycles. The van der Waals surface area contributed by atoms with Gasteiger partial charge < -0.3 is 0 Å². The average molecular weight is 850 g/mol. The van der Waals surface area contributed by atoms with E-state index in [1.54, 1.807) is 0 Å². The molecule has 310 valence electrons. The lowest BCUT2D eigenvalue weighted by atomic mass is 9.70. The summed E-state index contributed by atoms with van der Waals surface area (Å²) in [5, 5.41) is 7.43. The Labute approximate surface area is 388 Å². The molecule has 0 bridgehead atoms. The lowest BCUT2D eigenvalue weighted by Gasteiger charge is -2.30. The molecule has 12 aromatic rings. The van der Waals surface area contributed by atoms with Crippen LogP contribution in [-0.4, -0.2) is 15.0 Å². The number of aromatic nitrogens is 3. The molecular formula is C64H39N3. The summed E-state index contributed by atoms with van der Waals surface area (Å²) in [6, 6.07) is 85.6. The maximum atomic E-state index is 5.48. The molecule has 1 spiro atoms. The maximum Gasteiger partial charge on any atom is 0.164 e. The molecule has 0 saturated carbocycles. The molecule has 3 heteroatoms. The maximum absolute atomic E-state index is 5.48. The highest BCUT2D eigenvalue weighted by Gasteiger charge is 2.52. The molecule has 0 N–H and O–H groups in total. The van der Waals surface area contributed by atoms with Crippen molar-refractivity contribution < 1.29 is 0 Å². The first-order valence-corrected chi connectivity index (χ1v) is 23.0. The SMILES string of the molecule is c1ccc(-c2ccccc2-c2nc(-c3ccc(-c4c5ccccc5cc5c4ccc4ccccc45)cc3)nc(-c3cccc4c3-c3ccccc3C43c4ccccc4-c4ccccc43)n2)cc1. The molecule has 0 atom stereocenters. The number of rotatable bonds is 5. The molecular weight excluding hydrogens is 811 g/mol. The van der Waals surface area contributed by atoms with E-state index in [1.165, 1.54) is 76.8 Å². The Kier molecular flexibility index (Phi) is 8.20. The van der Waals surface area contributed by atoms with Crippen molar-refractivity contribution in [1.29, 1.82) is 0 Å². The molecule has 14 rings (SSSR count). The third-order valence-corrected chi connectivity index (χ3v) is 14.4. The third kappa shape index (κ3) is 5.49. The number of hydrogen-bond acceptors (Lipinski definition) is 3. The molecule has 67 heavy (non-hydrogen) atoms. The van der Waals surface area contributed by atoms with E-state index in [9.17, 15) is 0 Å². The quantitative estimate of drug-likeness (QED) is 0.128. The number of hydrogen-bond donors (Lipinski definition) is 0. The van der Waals surface area contributed by atoms with Crippen LogP contribution < -0.4 is 0 Å². The van der Waals surface area contributed by atoms with Gasteiger partial charge in [-0.25, -0.2) is 15.0 Å². The van der Waals surface area contributed by atoms with Crippen LogP contribution >= 0.6 is 0 Å². The van der Waals surface area contributed by atoms with Gasteiger partial charge in [0.15, 0.2) is 17.5 Å². The molecule has 11 aromatic carbocycles. The molecule has 0 unspecified atom stereocenters. The summed E-state index contributed by atoms with van der Waals surface area (Å²) < 4.78 is 0. The van der Waals surface area contributed by atoms with Crippen LogP contribution in [0, 0.1) is 0 Å². The topological polar surface area (TPSA) is 38.7 Å². The van der Waals surface area contributed by atoms with Crippen molar-refractivity contribution in [2.45, 2.75) is 5.41 Å². The highest BCUT2D eigenvalue weighted by Crippen LogP contribution is 2.63. The number of fused-ring (bicyclic) bond motifs is 14. The Balaban J connectivity index is 0.994. The second kappa shape index (κ2) is 14.6. The first-order valence-electron chi connectivity index (χ1n) is 23.0. The predicted molar refractivity (Wildman–Crippen MR) is 276 cm³/mol. The molecule has 0 aliphatic heterocycles. The first kappa shape index (κ1) is 37.6. The van der Waals surface area contributed by atoms with Crippen LogP contribution in [-0.2, 0) is 5.41 Å². The van der Waals surface area contributed by atoms with E-state index in [1.807, 2.05) is 0 Å². The summed E-state index contributed by atoms with van der Waals surface area (Å²) in [4.78, 5) is 16.3. The second-order valence-electron chi connectivity index (χ2n) is 17.8. The Morgan fingerprint density at radius 2 is 0.746 bits per heavy atom. The van der Waals surface area contributed by atoms with Crippen LogP contribution in [0.25, 0.3) is 111 Å². The van der Waals surface area contributed by atoms with Gasteiger partial charge in [0.05, 0.1) is 5.41 Å². The van der Waals surface area contributed by atoms with E-state index in [0.717, 1.165) is 38.9 Å². The second-order valence-corrected chi connectivity index (χ2v) is 17.8. The summed E-state index contributed by atoms with van der Waals surface area (Å²) >= 11 is 0. The van der Waals surface area contributed by atoms with Crippen molar-refractivity contribution in [3.63, 3.8) is 0 Å². The van der Waals surface area contributed by atoms with Crippen molar-refractivity contribution in [3.8, 4) is 78.7 Å². The van der Waals surface area contributed by atoms with Gasteiger partial charge in [-0.1, -0.05) is 231 Å². The van der Waals surface area contributed by atoms with E-state index >= 15 is 0 Å². The smallest absolute Gasteiger partial charge is 0.164 e. The van der Waals surface area contributed by atoms with Crippen LogP contribution in [0.2, 0.25) is 0 Å². The Hall–Kier alpha value is -8.79. The fourth-order valence-electron chi connectivity index (χ4n) is 11.5. The summed E-state index contributed by atoms with van der Waals surface area (Å²) in [6.07, 6.45) is 0. The lowest BCUT2D eigenvalue weighted by molar-refractivity contribution is 0.794.